The van der Waals surface area contributed by atoms with Gasteiger partial charge in [0.25, 0.3) is 0 Å². The first-order valence-electron chi connectivity index (χ1n) is 4.24. The third kappa shape index (κ3) is 4.00. The second kappa shape index (κ2) is 5.66. The molecule has 0 bridgehead atoms. The number of carbonyl (C=O) groups excluding carboxylic acids is 2. The molecule has 0 aliphatic carbocycles. The SMILES string of the molecule is CCN(CN)CN(C(C)=O)C(C)=O. The van der Waals surface area contributed by atoms with Crippen LogP contribution in [0.1, 0.15) is 20.8 Å². The Labute approximate surface area is 78.5 Å². The van der Waals surface area contributed by atoms with Gasteiger partial charge >= 0.3 is 0 Å². The number of amides is 2. The highest BCUT2D eigenvalue weighted by Gasteiger charge is 2.15. The van der Waals surface area contributed by atoms with Crippen LogP contribution in [0, 0.1) is 0 Å². The van der Waals surface area contributed by atoms with Crippen LogP contribution in [0.5, 0.6) is 0 Å². The molecule has 0 aromatic heterocycles. The van der Waals surface area contributed by atoms with E-state index in [4.69, 9.17) is 5.73 Å². The van der Waals surface area contributed by atoms with Gasteiger partial charge in [0.15, 0.2) is 0 Å². The van der Waals surface area contributed by atoms with E-state index in [2.05, 4.69) is 0 Å². The molecule has 0 saturated heterocycles. The molecule has 0 saturated carbocycles. The van der Waals surface area contributed by atoms with E-state index < -0.39 is 0 Å². The average molecular weight is 187 g/mol. The largest absolute Gasteiger partial charge is 0.318 e. The fraction of sp³-hybridized carbons (Fsp3) is 0.750. The molecule has 0 spiro atoms. The van der Waals surface area contributed by atoms with Crippen LogP contribution in [0.4, 0.5) is 0 Å². The van der Waals surface area contributed by atoms with Crippen molar-refractivity contribution in [2.45, 2.75) is 20.8 Å². The number of hydrogen-bond donors (Lipinski definition) is 1. The van der Waals surface area contributed by atoms with E-state index in [1.807, 2.05) is 6.92 Å². The van der Waals surface area contributed by atoms with Crippen molar-refractivity contribution in [3.05, 3.63) is 0 Å². The van der Waals surface area contributed by atoms with Gasteiger partial charge in [-0.2, -0.15) is 0 Å². The van der Waals surface area contributed by atoms with Crippen LogP contribution in [-0.4, -0.2) is 41.5 Å². The molecule has 0 atom stereocenters. The van der Waals surface area contributed by atoms with Crippen molar-refractivity contribution in [1.29, 1.82) is 0 Å². The quantitative estimate of drug-likeness (QED) is 0.607. The topological polar surface area (TPSA) is 66.6 Å². The summed E-state index contributed by atoms with van der Waals surface area (Å²) in [6.45, 7) is 5.99. The molecule has 76 valence electrons. The van der Waals surface area contributed by atoms with Crippen molar-refractivity contribution >= 4 is 11.8 Å². The molecule has 0 aliphatic rings. The predicted molar refractivity (Wildman–Crippen MR) is 49.5 cm³/mol. The Bertz CT molecular complexity index is 176. The van der Waals surface area contributed by atoms with Crippen LogP contribution in [-0.2, 0) is 9.59 Å². The molecule has 0 aromatic carbocycles. The maximum absolute atomic E-state index is 11.0. The molecule has 0 heterocycles. The lowest BCUT2D eigenvalue weighted by Gasteiger charge is -2.25. The average Bonchev–Trinajstić information content (AvgIpc) is 2.05. The van der Waals surface area contributed by atoms with Crippen LogP contribution in [0.3, 0.4) is 0 Å². The van der Waals surface area contributed by atoms with Crippen LogP contribution < -0.4 is 5.73 Å². The highest BCUT2D eigenvalue weighted by molar-refractivity contribution is 5.92. The van der Waals surface area contributed by atoms with Crippen LogP contribution >= 0.6 is 0 Å². The smallest absolute Gasteiger partial charge is 0.227 e. The normalized spacial score (nSPS) is 10.2. The summed E-state index contributed by atoms with van der Waals surface area (Å²) in [7, 11) is 0. The lowest BCUT2D eigenvalue weighted by Crippen LogP contribution is -2.44. The first-order valence-corrected chi connectivity index (χ1v) is 4.24. The summed E-state index contributed by atoms with van der Waals surface area (Å²) in [5, 5.41) is 0. The van der Waals surface area contributed by atoms with Gasteiger partial charge in [0, 0.05) is 20.5 Å². The standard InChI is InChI=1S/C8H17N3O2/c1-4-10(5-9)6-11(7(2)12)8(3)13/h4-6,9H2,1-3H3. The van der Waals surface area contributed by atoms with E-state index in [1.165, 1.54) is 13.8 Å². The molecule has 5 heteroatoms. The molecule has 2 N–H and O–H groups in total. The van der Waals surface area contributed by atoms with E-state index >= 15 is 0 Å². The predicted octanol–water partition coefficient (Wildman–Crippen LogP) is -0.423. The highest BCUT2D eigenvalue weighted by Crippen LogP contribution is 1.94. The fourth-order valence-corrected chi connectivity index (χ4v) is 0.908. The summed E-state index contributed by atoms with van der Waals surface area (Å²) >= 11 is 0. The van der Waals surface area contributed by atoms with E-state index in [0.717, 1.165) is 4.90 Å². The molecule has 0 radical (unpaired) electrons. The third-order valence-electron chi connectivity index (χ3n) is 1.81. The molecular weight excluding hydrogens is 170 g/mol. The van der Waals surface area contributed by atoms with Gasteiger partial charge in [-0.1, -0.05) is 6.92 Å². The van der Waals surface area contributed by atoms with E-state index in [9.17, 15) is 9.59 Å². The number of hydrogen-bond acceptors (Lipinski definition) is 4. The van der Waals surface area contributed by atoms with Crippen molar-refractivity contribution < 1.29 is 9.59 Å². The van der Waals surface area contributed by atoms with Gasteiger partial charge in [-0.15, -0.1) is 0 Å². The van der Waals surface area contributed by atoms with Crippen LogP contribution in [0.15, 0.2) is 0 Å². The summed E-state index contributed by atoms with van der Waals surface area (Å²) in [6.07, 6.45) is 0. The summed E-state index contributed by atoms with van der Waals surface area (Å²) in [6, 6.07) is 0. The first-order chi connectivity index (χ1) is 6.02. The van der Waals surface area contributed by atoms with Gasteiger partial charge in [-0.25, -0.2) is 0 Å². The molecule has 0 unspecified atom stereocenters. The molecule has 0 fully saturated rings. The minimum atomic E-state index is -0.251. The number of carbonyl (C=O) groups is 2. The first kappa shape index (κ1) is 12.1. The molecular formula is C8H17N3O2. The molecule has 2 amide bonds. The molecule has 13 heavy (non-hydrogen) atoms. The number of nitrogens with two attached hydrogens (primary N) is 1. The molecule has 0 aromatic rings. The van der Waals surface area contributed by atoms with Gasteiger partial charge in [0.2, 0.25) is 11.8 Å². The summed E-state index contributed by atoms with van der Waals surface area (Å²) in [4.78, 5) is 24.9. The summed E-state index contributed by atoms with van der Waals surface area (Å²) in [5.74, 6) is -0.501. The summed E-state index contributed by atoms with van der Waals surface area (Å²) in [5.41, 5.74) is 5.41. The number of nitrogens with zero attached hydrogens (tertiary/aromatic N) is 2. The Morgan fingerprint density at radius 1 is 1.23 bits per heavy atom. The number of imide groups is 1. The molecule has 5 nitrogen and oxygen atoms in total. The van der Waals surface area contributed by atoms with Crippen molar-refractivity contribution in [2.24, 2.45) is 5.73 Å². The molecule has 0 aliphatic heterocycles. The van der Waals surface area contributed by atoms with Crippen molar-refractivity contribution in [1.82, 2.24) is 9.80 Å². The minimum absolute atomic E-state index is 0.251. The zero-order valence-corrected chi connectivity index (χ0v) is 8.41. The summed E-state index contributed by atoms with van der Waals surface area (Å²) < 4.78 is 0. The zero-order chi connectivity index (χ0) is 10.4. The van der Waals surface area contributed by atoms with Crippen LogP contribution in [0.2, 0.25) is 0 Å². The Kier molecular flexibility index (Phi) is 5.25. The van der Waals surface area contributed by atoms with Gasteiger partial charge in [-0.3, -0.25) is 19.4 Å². The Morgan fingerprint density at radius 3 is 1.92 bits per heavy atom. The zero-order valence-electron chi connectivity index (χ0n) is 8.41. The second-order valence-corrected chi connectivity index (χ2v) is 2.78. The van der Waals surface area contributed by atoms with Gasteiger partial charge < -0.3 is 5.73 Å². The Hall–Kier alpha value is -0.940. The Balaban J connectivity index is 4.24. The van der Waals surface area contributed by atoms with Gasteiger partial charge in [0.05, 0.1) is 6.67 Å². The molecule has 0 rings (SSSR count). The maximum Gasteiger partial charge on any atom is 0.227 e. The minimum Gasteiger partial charge on any atom is -0.318 e. The Morgan fingerprint density at radius 2 is 1.69 bits per heavy atom. The van der Waals surface area contributed by atoms with Crippen molar-refractivity contribution in [2.75, 3.05) is 19.9 Å². The van der Waals surface area contributed by atoms with Gasteiger partial charge in [0.1, 0.15) is 0 Å². The maximum atomic E-state index is 11.0. The monoisotopic (exact) mass is 187 g/mol. The van der Waals surface area contributed by atoms with E-state index in [-0.39, 0.29) is 18.5 Å². The van der Waals surface area contributed by atoms with Crippen molar-refractivity contribution in [3.63, 3.8) is 0 Å². The number of rotatable bonds is 4. The third-order valence-corrected chi connectivity index (χ3v) is 1.81. The van der Waals surface area contributed by atoms with Crippen molar-refractivity contribution in [3.8, 4) is 0 Å². The second-order valence-electron chi connectivity index (χ2n) is 2.78. The van der Waals surface area contributed by atoms with E-state index in [1.54, 1.807) is 4.90 Å². The highest BCUT2D eigenvalue weighted by atomic mass is 16.2. The van der Waals surface area contributed by atoms with E-state index in [0.29, 0.717) is 13.2 Å². The fourth-order valence-electron chi connectivity index (χ4n) is 0.908. The van der Waals surface area contributed by atoms with Gasteiger partial charge in [-0.05, 0) is 6.54 Å². The lowest BCUT2D eigenvalue weighted by molar-refractivity contribution is -0.144. The van der Waals surface area contributed by atoms with Crippen LogP contribution in [0.25, 0.3) is 0 Å². The lowest BCUT2D eigenvalue weighted by atomic mass is 10.5.